The summed E-state index contributed by atoms with van der Waals surface area (Å²) in [4.78, 5) is 18.2. The summed E-state index contributed by atoms with van der Waals surface area (Å²) in [5, 5.41) is 0. The third-order valence-electron chi connectivity index (χ3n) is 2.91. The lowest BCUT2D eigenvalue weighted by Gasteiger charge is -2.26. The molecular weight excluding hydrogens is 272 g/mol. The summed E-state index contributed by atoms with van der Waals surface area (Å²) in [5.41, 5.74) is 1.52. The van der Waals surface area contributed by atoms with Crippen LogP contribution < -0.4 is 0 Å². The van der Waals surface area contributed by atoms with Gasteiger partial charge in [-0.1, -0.05) is 11.6 Å². The van der Waals surface area contributed by atoms with Gasteiger partial charge in [-0.05, 0) is 18.2 Å². The zero-order chi connectivity index (χ0) is 12.5. The fourth-order valence-corrected chi connectivity index (χ4v) is 3.05. The number of morpholine rings is 1. The number of halogens is 1. The molecule has 4 nitrogen and oxygen atoms in total. The molecule has 2 heterocycles. The highest BCUT2D eigenvalue weighted by Gasteiger charge is 2.19. The fraction of sp³-hybridized carbons (Fsp3) is 0.333. The van der Waals surface area contributed by atoms with Crippen molar-refractivity contribution in [2.24, 2.45) is 0 Å². The minimum Gasteiger partial charge on any atom is -0.378 e. The SMILES string of the molecule is O=C(c1ccc2nc(Cl)sc2c1)N1CCOCC1. The van der Waals surface area contributed by atoms with Crippen molar-refractivity contribution in [2.75, 3.05) is 26.3 Å². The first-order valence-electron chi connectivity index (χ1n) is 5.67. The molecule has 0 saturated carbocycles. The Balaban J connectivity index is 1.90. The molecule has 0 radical (unpaired) electrons. The number of fused-ring (bicyclic) bond motifs is 1. The molecule has 1 fully saturated rings. The quantitative estimate of drug-likeness (QED) is 0.807. The molecule has 1 aromatic heterocycles. The summed E-state index contributed by atoms with van der Waals surface area (Å²) in [6.45, 7) is 2.53. The Labute approximate surface area is 113 Å². The smallest absolute Gasteiger partial charge is 0.254 e. The van der Waals surface area contributed by atoms with Gasteiger partial charge in [-0.25, -0.2) is 4.98 Å². The molecule has 0 spiro atoms. The van der Waals surface area contributed by atoms with E-state index in [0.29, 0.717) is 36.3 Å². The number of aromatic nitrogens is 1. The van der Waals surface area contributed by atoms with E-state index in [-0.39, 0.29) is 5.91 Å². The van der Waals surface area contributed by atoms with Gasteiger partial charge < -0.3 is 9.64 Å². The maximum absolute atomic E-state index is 12.3. The van der Waals surface area contributed by atoms with E-state index in [0.717, 1.165) is 10.2 Å². The molecule has 94 valence electrons. The van der Waals surface area contributed by atoms with Crippen molar-refractivity contribution in [1.29, 1.82) is 0 Å². The van der Waals surface area contributed by atoms with Gasteiger partial charge in [-0.15, -0.1) is 11.3 Å². The molecule has 0 atom stereocenters. The number of carbonyl (C=O) groups excluding carboxylic acids is 1. The van der Waals surface area contributed by atoms with Gasteiger partial charge >= 0.3 is 0 Å². The highest BCUT2D eigenvalue weighted by molar-refractivity contribution is 7.22. The second-order valence-electron chi connectivity index (χ2n) is 4.05. The van der Waals surface area contributed by atoms with Crippen molar-refractivity contribution in [3.8, 4) is 0 Å². The number of hydrogen-bond acceptors (Lipinski definition) is 4. The zero-order valence-electron chi connectivity index (χ0n) is 9.56. The Kier molecular flexibility index (Phi) is 3.20. The van der Waals surface area contributed by atoms with Crippen LogP contribution in [0.4, 0.5) is 0 Å². The Morgan fingerprint density at radius 3 is 2.94 bits per heavy atom. The highest BCUT2D eigenvalue weighted by atomic mass is 35.5. The third-order valence-corrected chi connectivity index (χ3v) is 4.03. The number of hydrogen-bond donors (Lipinski definition) is 0. The first-order valence-corrected chi connectivity index (χ1v) is 6.86. The van der Waals surface area contributed by atoms with Crippen LogP contribution in [0.5, 0.6) is 0 Å². The molecule has 1 aliphatic rings. The molecule has 0 aliphatic carbocycles. The van der Waals surface area contributed by atoms with Crippen LogP contribution in [0.15, 0.2) is 18.2 Å². The second kappa shape index (κ2) is 4.84. The topological polar surface area (TPSA) is 42.4 Å². The average molecular weight is 283 g/mol. The van der Waals surface area contributed by atoms with Crippen LogP contribution in [0.25, 0.3) is 10.2 Å². The Morgan fingerprint density at radius 2 is 2.17 bits per heavy atom. The molecular formula is C12H11ClN2O2S. The monoisotopic (exact) mass is 282 g/mol. The van der Waals surface area contributed by atoms with Crippen LogP contribution >= 0.6 is 22.9 Å². The zero-order valence-corrected chi connectivity index (χ0v) is 11.1. The minimum absolute atomic E-state index is 0.0460. The van der Waals surface area contributed by atoms with Crippen LogP contribution in [-0.4, -0.2) is 42.1 Å². The normalized spacial score (nSPS) is 16.2. The molecule has 1 saturated heterocycles. The molecule has 0 N–H and O–H groups in total. The molecule has 1 aliphatic heterocycles. The van der Waals surface area contributed by atoms with Crippen LogP contribution in [0.1, 0.15) is 10.4 Å². The summed E-state index contributed by atoms with van der Waals surface area (Å²) < 4.78 is 6.68. The average Bonchev–Trinajstić information content (AvgIpc) is 2.78. The number of rotatable bonds is 1. The van der Waals surface area contributed by atoms with Crippen LogP contribution in [-0.2, 0) is 4.74 Å². The van der Waals surface area contributed by atoms with Gasteiger partial charge in [0.25, 0.3) is 5.91 Å². The number of benzene rings is 1. The highest BCUT2D eigenvalue weighted by Crippen LogP contribution is 2.26. The standard InChI is InChI=1S/C12H11ClN2O2S/c13-12-14-9-2-1-8(7-10(9)18-12)11(16)15-3-5-17-6-4-15/h1-2,7H,3-6H2. The van der Waals surface area contributed by atoms with Gasteiger partial charge in [0.05, 0.1) is 23.4 Å². The summed E-state index contributed by atoms with van der Waals surface area (Å²) in [5.74, 6) is 0.0460. The number of nitrogens with zero attached hydrogens (tertiary/aromatic N) is 2. The molecule has 2 aromatic rings. The number of ether oxygens (including phenoxy) is 1. The van der Waals surface area contributed by atoms with E-state index in [4.69, 9.17) is 16.3 Å². The first kappa shape index (κ1) is 11.9. The second-order valence-corrected chi connectivity index (χ2v) is 5.67. The van der Waals surface area contributed by atoms with Crippen LogP contribution in [0.2, 0.25) is 4.47 Å². The minimum atomic E-state index is 0.0460. The van der Waals surface area contributed by atoms with E-state index < -0.39 is 0 Å². The molecule has 6 heteroatoms. The van der Waals surface area contributed by atoms with Gasteiger partial charge in [0.15, 0.2) is 4.47 Å². The van der Waals surface area contributed by atoms with Gasteiger partial charge in [0.2, 0.25) is 0 Å². The van der Waals surface area contributed by atoms with Crippen molar-refractivity contribution in [1.82, 2.24) is 9.88 Å². The summed E-state index contributed by atoms with van der Waals surface area (Å²) in [7, 11) is 0. The van der Waals surface area contributed by atoms with Crippen molar-refractivity contribution in [2.45, 2.75) is 0 Å². The van der Waals surface area contributed by atoms with Crippen molar-refractivity contribution in [3.05, 3.63) is 28.2 Å². The fourth-order valence-electron chi connectivity index (χ4n) is 1.98. The summed E-state index contributed by atoms with van der Waals surface area (Å²) >= 11 is 7.25. The van der Waals surface area contributed by atoms with Gasteiger partial charge in [0.1, 0.15) is 0 Å². The molecule has 1 aromatic carbocycles. The van der Waals surface area contributed by atoms with Crippen LogP contribution in [0.3, 0.4) is 0 Å². The first-order chi connectivity index (χ1) is 8.74. The largest absolute Gasteiger partial charge is 0.378 e. The molecule has 0 unspecified atom stereocenters. The van der Waals surface area contributed by atoms with E-state index in [9.17, 15) is 4.79 Å². The number of amides is 1. The van der Waals surface area contributed by atoms with E-state index in [2.05, 4.69) is 4.98 Å². The maximum Gasteiger partial charge on any atom is 0.254 e. The molecule has 3 rings (SSSR count). The third kappa shape index (κ3) is 2.21. The van der Waals surface area contributed by atoms with E-state index in [1.54, 1.807) is 6.07 Å². The Morgan fingerprint density at radius 1 is 1.39 bits per heavy atom. The predicted octanol–water partition coefficient (Wildman–Crippen LogP) is 2.42. The molecule has 1 amide bonds. The lowest BCUT2D eigenvalue weighted by atomic mass is 10.2. The molecule has 18 heavy (non-hydrogen) atoms. The lowest BCUT2D eigenvalue weighted by molar-refractivity contribution is 0.0303. The lowest BCUT2D eigenvalue weighted by Crippen LogP contribution is -2.40. The Hall–Kier alpha value is -1.17. The van der Waals surface area contributed by atoms with Gasteiger partial charge in [0, 0.05) is 18.7 Å². The Bertz CT molecular complexity index is 593. The van der Waals surface area contributed by atoms with Crippen molar-refractivity contribution in [3.63, 3.8) is 0 Å². The van der Waals surface area contributed by atoms with Gasteiger partial charge in [-0.3, -0.25) is 4.79 Å². The maximum atomic E-state index is 12.3. The van der Waals surface area contributed by atoms with E-state index in [1.165, 1.54) is 11.3 Å². The van der Waals surface area contributed by atoms with E-state index >= 15 is 0 Å². The number of thiazole rings is 1. The predicted molar refractivity (Wildman–Crippen MR) is 71.4 cm³/mol. The molecule has 0 bridgehead atoms. The van der Waals surface area contributed by atoms with E-state index in [1.807, 2.05) is 17.0 Å². The van der Waals surface area contributed by atoms with Gasteiger partial charge in [-0.2, -0.15) is 0 Å². The number of carbonyl (C=O) groups is 1. The van der Waals surface area contributed by atoms with Crippen LogP contribution in [0, 0.1) is 0 Å². The van der Waals surface area contributed by atoms with Crippen molar-refractivity contribution >= 4 is 39.1 Å². The summed E-state index contributed by atoms with van der Waals surface area (Å²) in [6, 6.07) is 5.50. The van der Waals surface area contributed by atoms with Crippen molar-refractivity contribution < 1.29 is 9.53 Å². The summed E-state index contributed by atoms with van der Waals surface area (Å²) in [6.07, 6.45) is 0.